The summed E-state index contributed by atoms with van der Waals surface area (Å²) >= 11 is 4.82. The lowest BCUT2D eigenvalue weighted by atomic mass is 11.0. The first-order chi connectivity index (χ1) is 4.58. The molecule has 1 atom stereocenters. The van der Waals surface area contributed by atoms with E-state index in [-0.39, 0.29) is 0 Å². The van der Waals surface area contributed by atoms with Crippen LogP contribution in [0, 0.1) is 0 Å². The van der Waals surface area contributed by atoms with Crippen molar-refractivity contribution in [1.82, 2.24) is 15.2 Å². The van der Waals surface area contributed by atoms with Gasteiger partial charge in [-0.25, -0.2) is 4.57 Å². The molecule has 1 N–H and O–H groups in total. The minimum Gasteiger partial charge on any atom is -0.302 e. The van der Waals surface area contributed by atoms with E-state index in [0.717, 1.165) is 0 Å². The summed E-state index contributed by atoms with van der Waals surface area (Å²) < 4.78 is 14.5. The first kappa shape index (κ1) is 7.53. The highest BCUT2D eigenvalue weighted by atomic mass is 35.7. The monoisotopic (exact) mass is 183 g/mol. The van der Waals surface area contributed by atoms with Gasteiger partial charge in [0.25, 0.3) is 0 Å². The third-order valence-electron chi connectivity index (χ3n) is 0.585. The lowest BCUT2D eigenvalue weighted by Gasteiger charge is -2.01. The molecule has 0 spiro atoms. The molecule has 6 nitrogen and oxygen atoms in total. The number of aromatic nitrogens is 3. The summed E-state index contributed by atoms with van der Waals surface area (Å²) in [7, 11) is 0. The van der Waals surface area contributed by atoms with Crippen LogP contribution in [0.1, 0.15) is 0 Å². The third-order valence-corrected chi connectivity index (χ3v) is 1.14. The predicted octanol–water partition coefficient (Wildman–Crippen LogP) is 0.0459. The Kier molecular flexibility index (Phi) is 1.94. The molecule has 8 heteroatoms. The molecule has 0 radical (unpaired) electrons. The summed E-state index contributed by atoms with van der Waals surface area (Å²) in [6.45, 7) is -4.02. The summed E-state index contributed by atoms with van der Waals surface area (Å²) in [6, 6.07) is 0. The van der Waals surface area contributed by atoms with Crippen LogP contribution in [0.2, 0.25) is 0 Å². The smallest absolute Gasteiger partial charge is 0.302 e. The average molecular weight is 183 g/mol. The van der Waals surface area contributed by atoms with Crippen LogP contribution in [0.5, 0.6) is 0 Å². The van der Waals surface area contributed by atoms with Gasteiger partial charge in [-0.1, -0.05) is 4.85 Å². The molecular weight excluding hydrogens is 180 g/mol. The summed E-state index contributed by atoms with van der Waals surface area (Å²) in [5.41, 5.74) is 0. The first-order valence-corrected chi connectivity index (χ1v) is 4.65. The second kappa shape index (κ2) is 2.57. The Labute approximate surface area is 60.6 Å². The van der Waals surface area contributed by atoms with Gasteiger partial charge in [-0.15, -0.1) is 5.10 Å². The topological polar surface area (TPSA) is 77.2 Å². The molecule has 0 aliphatic carbocycles. The van der Waals surface area contributed by atoms with Crippen LogP contribution >= 0.6 is 18.2 Å². The van der Waals surface area contributed by atoms with Crippen LogP contribution in [0.4, 0.5) is 0 Å². The van der Waals surface area contributed by atoms with Gasteiger partial charge in [0.15, 0.2) is 0 Å². The fraction of sp³-hybridized carbons (Fsp3) is 0. The maximum absolute atomic E-state index is 10.3. The number of rotatable bonds is 2. The SMILES string of the molecule is O=P(O)(Cl)On1ccnn1. The van der Waals surface area contributed by atoms with E-state index < -0.39 is 6.95 Å². The highest BCUT2D eigenvalue weighted by molar-refractivity contribution is 7.80. The standard InChI is InChI=1S/C2H3ClN3O3P/c3-10(7,8)9-6-2-1-4-5-6/h1-2H,(H,7,8). The van der Waals surface area contributed by atoms with Crippen molar-refractivity contribution < 1.29 is 14.1 Å². The first-order valence-electron chi connectivity index (χ1n) is 2.17. The van der Waals surface area contributed by atoms with Crippen LogP contribution < -0.4 is 4.62 Å². The molecule has 0 bridgehead atoms. The van der Waals surface area contributed by atoms with E-state index in [1.165, 1.54) is 12.4 Å². The molecule has 0 saturated heterocycles. The third kappa shape index (κ3) is 2.34. The van der Waals surface area contributed by atoms with Crippen molar-refractivity contribution in [3.63, 3.8) is 0 Å². The molecule has 56 valence electrons. The zero-order valence-electron chi connectivity index (χ0n) is 4.59. The molecule has 0 amide bonds. The normalized spacial score (nSPS) is 16.2. The van der Waals surface area contributed by atoms with Gasteiger partial charge in [-0.3, -0.25) is 0 Å². The highest BCUT2D eigenvalue weighted by Crippen LogP contribution is 2.43. The fourth-order valence-corrected chi connectivity index (χ4v) is 0.827. The molecule has 1 aromatic rings. The van der Waals surface area contributed by atoms with Gasteiger partial charge in [0.2, 0.25) is 0 Å². The quantitative estimate of drug-likeness (QED) is 0.656. The van der Waals surface area contributed by atoms with Crippen molar-refractivity contribution in [2.45, 2.75) is 0 Å². The summed E-state index contributed by atoms with van der Waals surface area (Å²) in [4.78, 5) is 9.10. The van der Waals surface area contributed by atoms with Crippen molar-refractivity contribution in [3.05, 3.63) is 12.4 Å². The summed E-state index contributed by atoms with van der Waals surface area (Å²) in [6.07, 6.45) is 2.53. The van der Waals surface area contributed by atoms with E-state index in [2.05, 4.69) is 14.9 Å². The Hall–Kier alpha value is -0.580. The second-order valence-electron chi connectivity index (χ2n) is 1.34. The van der Waals surface area contributed by atoms with Crippen molar-refractivity contribution in [2.75, 3.05) is 0 Å². The number of nitrogens with zero attached hydrogens (tertiary/aromatic N) is 3. The van der Waals surface area contributed by atoms with Crippen LogP contribution in [0.15, 0.2) is 12.4 Å². The molecule has 0 aliphatic rings. The van der Waals surface area contributed by atoms with Crippen molar-refractivity contribution in [3.8, 4) is 0 Å². The minimum atomic E-state index is -4.02. The highest BCUT2D eigenvalue weighted by Gasteiger charge is 2.16. The van der Waals surface area contributed by atoms with Crippen LogP contribution in [-0.4, -0.2) is 20.1 Å². The zero-order chi connectivity index (χ0) is 7.61. The van der Waals surface area contributed by atoms with E-state index in [4.69, 9.17) is 16.1 Å². The van der Waals surface area contributed by atoms with Gasteiger partial charge >= 0.3 is 6.95 Å². The molecule has 10 heavy (non-hydrogen) atoms. The molecular formula is C2H3ClN3O3P. The van der Waals surface area contributed by atoms with E-state index in [1.807, 2.05) is 0 Å². The molecule has 0 aliphatic heterocycles. The van der Waals surface area contributed by atoms with E-state index in [9.17, 15) is 4.57 Å². The Bertz CT molecular complexity index is 242. The van der Waals surface area contributed by atoms with Gasteiger partial charge in [0, 0.05) is 11.2 Å². The van der Waals surface area contributed by atoms with E-state index in [0.29, 0.717) is 4.85 Å². The molecule has 0 aromatic carbocycles. The van der Waals surface area contributed by atoms with Crippen molar-refractivity contribution >= 4 is 18.2 Å². The van der Waals surface area contributed by atoms with Crippen molar-refractivity contribution in [1.29, 1.82) is 0 Å². The predicted molar refractivity (Wildman–Crippen MR) is 32.3 cm³/mol. The molecule has 1 aromatic heterocycles. The van der Waals surface area contributed by atoms with Gasteiger partial charge in [-0.2, -0.15) is 0 Å². The second-order valence-corrected chi connectivity index (χ2v) is 3.69. The van der Waals surface area contributed by atoms with Gasteiger partial charge < -0.3 is 9.52 Å². The van der Waals surface area contributed by atoms with Crippen LogP contribution in [0.25, 0.3) is 0 Å². The van der Waals surface area contributed by atoms with Crippen LogP contribution in [-0.2, 0) is 4.57 Å². The number of hydrogen-bond acceptors (Lipinski definition) is 4. The Morgan fingerprint density at radius 2 is 2.50 bits per heavy atom. The summed E-state index contributed by atoms with van der Waals surface area (Å²) in [5.74, 6) is 0. The van der Waals surface area contributed by atoms with Gasteiger partial charge in [0.05, 0.1) is 12.4 Å². The van der Waals surface area contributed by atoms with Crippen LogP contribution in [0.3, 0.4) is 0 Å². The average Bonchev–Trinajstić information content (AvgIpc) is 2.12. The van der Waals surface area contributed by atoms with Gasteiger partial charge in [-0.05, 0) is 5.21 Å². The maximum atomic E-state index is 10.3. The van der Waals surface area contributed by atoms with Crippen molar-refractivity contribution in [2.24, 2.45) is 0 Å². The van der Waals surface area contributed by atoms with E-state index in [1.54, 1.807) is 0 Å². The number of halogens is 1. The lowest BCUT2D eigenvalue weighted by Crippen LogP contribution is -2.06. The number of hydrogen-bond donors (Lipinski definition) is 1. The molecule has 0 fully saturated rings. The molecule has 1 heterocycles. The molecule has 1 unspecified atom stereocenters. The Morgan fingerprint density at radius 1 is 1.80 bits per heavy atom. The molecule has 1 rings (SSSR count). The zero-order valence-corrected chi connectivity index (χ0v) is 6.24. The Balaban J connectivity index is 2.66. The fourth-order valence-electron chi connectivity index (χ4n) is 0.344. The minimum absolute atomic E-state index is 0.702. The summed E-state index contributed by atoms with van der Waals surface area (Å²) in [5, 5.41) is 6.53. The molecule has 0 saturated carbocycles. The van der Waals surface area contributed by atoms with Gasteiger partial charge in [0.1, 0.15) is 0 Å². The Morgan fingerprint density at radius 3 is 2.90 bits per heavy atom. The maximum Gasteiger partial charge on any atom is 0.494 e. The lowest BCUT2D eigenvalue weighted by molar-refractivity contribution is 0.205. The largest absolute Gasteiger partial charge is 0.494 e. The van der Waals surface area contributed by atoms with E-state index >= 15 is 0 Å².